The van der Waals surface area contributed by atoms with Crippen LogP contribution >= 0.6 is 11.3 Å². The molecule has 0 amide bonds. The van der Waals surface area contributed by atoms with Crippen molar-refractivity contribution < 1.29 is 0 Å². The van der Waals surface area contributed by atoms with Crippen LogP contribution in [0, 0.1) is 0 Å². The topological polar surface area (TPSA) is 37.6 Å². The third kappa shape index (κ3) is 2.98. The molecule has 0 aliphatic carbocycles. The average Bonchev–Trinajstić information content (AvgIpc) is 3.05. The van der Waals surface area contributed by atoms with Crippen molar-refractivity contribution in [1.82, 2.24) is 14.3 Å². The van der Waals surface area contributed by atoms with E-state index in [1.54, 1.807) is 16.7 Å². The summed E-state index contributed by atoms with van der Waals surface area (Å²) < 4.78 is 1.60. The Morgan fingerprint density at radius 3 is 2.87 bits per heavy atom. The second kappa shape index (κ2) is 6.10. The maximum absolute atomic E-state index is 12.0. The van der Waals surface area contributed by atoms with Crippen LogP contribution in [0.4, 0.5) is 0 Å². The van der Waals surface area contributed by atoms with Crippen LogP contribution in [0.25, 0.3) is 10.5 Å². The molecule has 0 bridgehead atoms. The fourth-order valence-electron chi connectivity index (χ4n) is 2.97. The number of aromatic nitrogens is 2. The Balaban J connectivity index is 1.50. The van der Waals surface area contributed by atoms with Gasteiger partial charge >= 0.3 is 0 Å². The van der Waals surface area contributed by atoms with Crippen molar-refractivity contribution in [1.29, 1.82) is 0 Å². The Morgan fingerprint density at radius 1 is 1.22 bits per heavy atom. The number of benzene rings is 1. The van der Waals surface area contributed by atoms with E-state index in [1.807, 2.05) is 11.4 Å². The minimum atomic E-state index is 0.00350. The van der Waals surface area contributed by atoms with E-state index in [0.29, 0.717) is 0 Å². The summed E-state index contributed by atoms with van der Waals surface area (Å²) in [5.74, 6) is 0. The van der Waals surface area contributed by atoms with Crippen molar-refractivity contribution in [3.8, 4) is 0 Å². The van der Waals surface area contributed by atoms with Gasteiger partial charge in [-0.3, -0.25) is 14.1 Å². The third-order valence-electron chi connectivity index (χ3n) is 4.18. The van der Waals surface area contributed by atoms with Crippen LogP contribution in [0.5, 0.6) is 0 Å². The van der Waals surface area contributed by atoms with Gasteiger partial charge in [-0.2, -0.15) is 0 Å². The summed E-state index contributed by atoms with van der Waals surface area (Å²) in [7, 11) is 0. The Bertz CT molecular complexity index is 911. The summed E-state index contributed by atoms with van der Waals surface area (Å²) in [6.45, 7) is 2.62. The lowest BCUT2D eigenvalue weighted by molar-refractivity contribution is 0.290. The van der Waals surface area contributed by atoms with E-state index < -0.39 is 0 Å². The van der Waals surface area contributed by atoms with E-state index in [4.69, 9.17) is 0 Å². The van der Waals surface area contributed by atoms with Crippen molar-refractivity contribution in [2.45, 2.75) is 13.0 Å². The van der Waals surface area contributed by atoms with Gasteiger partial charge in [0.2, 0.25) is 0 Å². The predicted octanol–water partition coefficient (Wildman–Crippen LogP) is 3.05. The summed E-state index contributed by atoms with van der Waals surface area (Å²) in [6.07, 6.45) is 5.09. The Kier molecular flexibility index (Phi) is 3.81. The molecule has 2 aromatic heterocycles. The number of rotatable bonds is 3. The van der Waals surface area contributed by atoms with Crippen LogP contribution in [-0.4, -0.2) is 27.4 Å². The molecule has 0 N–H and O–H groups in total. The molecule has 0 unspecified atom stereocenters. The molecule has 0 spiro atoms. The van der Waals surface area contributed by atoms with Gasteiger partial charge < -0.3 is 0 Å². The van der Waals surface area contributed by atoms with Crippen LogP contribution in [0.15, 0.2) is 58.8 Å². The lowest BCUT2D eigenvalue weighted by Gasteiger charge is -2.26. The second-order valence-corrected chi connectivity index (χ2v) is 6.59. The van der Waals surface area contributed by atoms with Crippen molar-refractivity contribution in [2.75, 3.05) is 13.1 Å². The van der Waals surface area contributed by atoms with Crippen LogP contribution < -0.4 is 5.56 Å². The van der Waals surface area contributed by atoms with Crippen molar-refractivity contribution in [2.24, 2.45) is 0 Å². The number of thiazole rings is 1. The fraction of sp³-hybridized carbons (Fsp3) is 0.222. The highest BCUT2D eigenvalue weighted by Crippen LogP contribution is 2.22. The summed E-state index contributed by atoms with van der Waals surface area (Å²) in [5, 5.41) is 1.89. The van der Waals surface area contributed by atoms with Crippen LogP contribution in [-0.2, 0) is 6.54 Å². The number of fused-ring (bicyclic) bond motifs is 1. The fourth-order valence-corrected chi connectivity index (χ4v) is 3.71. The van der Waals surface area contributed by atoms with Crippen LogP contribution in [0.3, 0.4) is 0 Å². The lowest BCUT2D eigenvalue weighted by Crippen LogP contribution is -2.29. The molecule has 3 heterocycles. The molecule has 3 aromatic rings. The number of hydrogen-bond acceptors (Lipinski definition) is 4. The van der Waals surface area contributed by atoms with Gasteiger partial charge in [-0.05, 0) is 17.6 Å². The van der Waals surface area contributed by atoms with Gasteiger partial charge in [-0.1, -0.05) is 36.4 Å². The zero-order valence-electron chi connectivity index (χ0n) is 12.7. The minimum absolute atomic E-state index is 0.00350. The molecule has 0 saturated carbocycles. The van der Waals surface area contributed by atoms with Crippen molar-refractivity contribution in [3.05, 3.63) is 75.7 Å². The predicted molar refractivity (Wildman–Crippen MR) is 93.7 cm³/mol. The first-order valence-corrected chi connectivity index (χ1v) is 8.60. The normalized spacial score (nSPS) is 15.7. The second-order valence-electron chi connectivity index (χ2n) is 5.72. The maximum Gasteiger partial charge on any atom is 0.258 e. The first-order valence-electron chi connectivity index (χ1n) is 7.72. The SMILES string of the molecule is O=c1cc(CN2CC=C(c3ccccc3)CC2)nc2sccn12. The maximum atomic E-state index is 12.0. The molecule has 1 aromatic carbocycles. The molecule has 23 heavy (non-hydrogen) atoms. The zero-order chi connectivity index (χ0) is 15.6. The molecule has 1 aliphatic rings. The summed E-state index contributed by atoms with van der Waals surface area (Å²) in [4.78, 5) is 19.7. The molecule has 0 atom stereocenters. The van der Waals surface area contributed by atoms with Gasteiger partial charge in [-0.25, -0.2) is 4.98 Å². The van der Waals surface area contributed by atoms with E-state index >= 15 is 0 Å². The molecule has 0 radical (unpaired) electrons. The van der Waals surface area contributed by atoms with Crippen LogP contribution in [0.1, 0.15) is 17.7 Å². The monoisotopic (exact) mass is 323 g/mol. The zero-order valence-corrected chi connectivity index (χ0v) is 13.5. The molecule has 0 saturated heterocycles. The minimum Gasteiger partial charge on any atom is -0.294 e. The Hall–Kier alpha value is -2.24. The molecule has 4 nitrogen and oxygen atoms in total. The van der Waals surface area contributed by atoms with Gasteiger partial charge in [0.15, 0.2) is 4.96 Å². The van der Waals surface area contributed by atoms with Gasteiger partial charge in [0.1, 0.15) is 0 Å². The smallest absolute Gasteiger partial charge is 0.258 e. The third-order valence-corrected chi connectivity index (χ3v) is 4.94. The number of hydrogen-bond donors (Lipinski definition) is 0. The van der Waals surface area contributed by atoms with E-state index in [2.05, 4.69) is 40.2 Å². The Labute approximate surface area is 138 Å². The lowest BCUT2D eigenvalue weighted by atomic mass is 9.99. The van der Waals surface area contributed by atoms with Gasteiger partial charge in [0, 0.05) is 37.3 Å². The van der Waals surface area contributed by atoms with E-state index in [1.165, 1.54) is 22.5 Å². The summed E-state index contributed by atoms with van der Waals surface area (Å²) in [5.41, 5.74) is 3.57. The van der Waals surface area contributed by atoms with Crippen LogP contribution in [0.2, 0.25) is 0 Å². The highest BCUT2D eigenvalue weighted by atomic mass is 32.1. The van der Waals surface area contributed by atoms with Gasteiger partial charge in [-0.15, -0.1) is 11.3 Å². The molecule has 4 rings (SSSR count). The van der Waals surface area contributed by atoms with E-state index in [-0.39, 0.29) is 5.56 Å². The van der Waals surface area contributed by atoms with E-state index in [0.717, 1.165) is 36.7 Å². The highest BCUT2D eigenvalue weighted by molar-refractivity contribution is 7.15. The molecule has 1 aliphatic heterocycles. The average molecular weight is 323 g/mol. The van der Waals surface area contributed by atoms with Crippen molar-refractivity contribution >= 4 is 21.9 Å². The highest BCUT2D eigenvalue weighted by Gasteiger charge is 2.14. The molecular weight excluding hydrogens is 306 g/mol. The Morgan fingerprint density at radius 2 is 2.09 bits per heavy atom. The molecule has 116 valence electrons. The van der Waals surface area contributed by atoms with Gasteiger partial charge in [0.25, 0.3) is 5.56 Å². The quantitative estimate of drug-likeness (QED) is 0.743. The number of nitrogens with zero attached hydrogens (tertiary/aromatic N) is 3. The first kappa shape index (κ1) is 14.4. The summed E-state index contributed by atoms with van der Waals surface area (Å²) >= 11 is 1.50. The summed E-state index contributed by atoms with van der Waals surface area (Å²) in [6, 6.07) is 12.2. The molecular formula is C18H17N3OS. The van der Waals surface area contributed by atoms with Gasteiger partial charge in [0.05, 0.1) is 5.69 Å². The van der Waals surface area contributed by atoms with Crippen molar-refractivity contribution in [3.63, 3.8) is 0 Å². The standard InChI is InChI=1S/C18H17N3OS/c22-17-12-16(19-18-21(17)10-11-23-18)13-20-8-6-15(7-9-20)14-4-2-1-3-5-14/h1-6,10-12H,7-9,13H2. The molecule has 0 fully saturated rings. The largest absolute Gasteiger partial charge is 0.294 e. The molecule has 5 heteroatoms. The van der Waals surface area contributed by atoms with E-state index in [9.17, 15) is 4.79 Å². The first-order chi connectivity index (χ1) is 11.3.